The number of nitrogens with zero attached hydrogens (tertiary/aromatic N) is 4. The van der Waals surface area contributed by atoms with Gasteiger partial charge in [0.1, 0.15) is 11.6 Å². The van der Waals surface area contributed by atoms with E-state index in [1.807, 2.05) is 37.1 Å². The number of hydrogen-bond acceptors (Lipinski definition) is 7. The third kappa shape index (κ3) is 4.64. The van der Waals surface area contributed by atoms with E-state index in [0.29, 0.717) is 24.2 Å². The highest BCUT2D eigenvalue weighted by atomic mass is 16.6. The molecule has 9 heteroatoms. The highest BCUT2D eigenvalue weighted by Gasteiger charge is 2.44. The van der Waals surface area contributed by atoms with Gasteiger partial charge in [0.05, 0.1) is 12.1 Å². The number of pyridine rings is 2. The number of amides is 1. The standard InChI is InChI=1S/C25H33N7O2/c1-14(2)13-34-25(33)32-18-5-6-19(32)10-17(9-18)27-24-20-7-15(3)12-26-21(20)11-22(29-24)28-23-8-16(4)30-31-23/h7-8,11-12,14,17-19H,5-6,9-10,13H2,1-4H3,(H3,27,28,29,30,31)/t17?,18-,19+. The molecular weight excluding hydrogens is 430 g/mol. The van der Waals surface area contributed by atoms with Crippen molar-refractivity contribution in [3.8, 4) is 0 Å². The fourth-order valence-electron chi connectivity index (χ4n) is 5.11. The van der Waals surface area contributed by atoms with Crippen LogP contribution in [0.4, 0.5) is 22.2 Å². The van der Waals surface area contributed by atoms with Gasteiger partial charge in [-0.3, -0.25) is 10.1 Å². The molecule has 0 saturated carbocycles. The Morgan fingerprint density at radius 2 is 1.94 bits per heavy atom. The van der Waals surface area contributed by atoms with Crippen LogP contribution in [0.15, 0.2) is 24.4 Å². The van der Waals surface area contributed by atoms with E-state index in [9.17, 15) is 4.79 Å². The van der Waals surface area contributed by atoms with E-state index in [-0.39, 0.29) is 24.2 Å². The van der Waals surface area contributed by atoms with Crippen molar-refractivity contribution in [2.45, 2.75) is 71.5 Å². The number of fused-ring (bicyclic) bond motifs is 3. The van der Waals surface area contributed by atoms with Gasteiger partial charge in [0.2, 0.25) is 0 Å². The number of carbonyl (C=O) groups excluding carboxylic acids is 1. The fraction of sp³-hybridized carbons (Fsp3) is 0.520. The molecule has 2 aliphatic rings. The minimum Gasteiger partial charge on any atom is -0.449 e. The van der Waals surface area contributed by atoms with Crippen LogP contribution in [0.5, 0.6) is 0 Å². The normalized spacial score (nSPS) is 21.8. The Bertz CT molecular complexity index is 1180. The van der Waals surface area contributed by atoms with Crippen LogP contribution in [0.25, 0.3) is 10.9 Å². The van der Waals surface area contributed by atoms with Crippen LogP contribution < -0.4 is 10.6 Å². The van der Waals surface area contributed by atoms with Crippen LogP contribution in [-0.4, -0.2) is 55.9 Å². The van der Waals surface area contributed by atoms with Gasteiger partial charge in [0.15, 0.2) is 5.82 Å². The molecule has 0 aliphatic carbocycles. The van der Waals surface area contributed by atoms with E-state index in [2.05, 4.69) is 45.7 Å². The van der Waals surface area contributed by atoms with E-state index < -0.39 is 0 Å². The lowest BCUT2D eigenvalue weighted by Crippen LogP contribution is -2.50. The lowest BCUT2D eigenvalue weighted by molar-refractivity contribution is 0.0603. The highest BCUT2D eigenvalue weighted by Crippen LogP contribution is 2.38. The zero-order chi connectivity index (χ0) is 23.8. The predicted molar refractivity (Wildman–Crippen MR) is 132 cm³/mol. The van der Waals surface area contributed by atoms with Crippen molar-refractivity contribution in [1.29, 1.82) is 0 Å². The Morgan fingerprint density at radius 3 is 2.62 bits per heavy atom. The Morgan fingerprint density at radius 1 is 1.18 bits per heavy atom. The first-order valence-electron chi connectivity index (χ1n) is 12.1. The van der Waals surface area contributed by atoms with Gasteiger partial charge >= 0.3 is 6.09 Å². The van der Waals surface area contributed by atoms with Crippen molar-refractivity contribution >= 4 is 34.4 Å². The number of aromatic amines is 1. The molecule has 5 rings (SSSR count). The maximum absolute atomic E-state index is 12.7. The van der Waals surface area contributed by atoms with Crippen molar-refractivity contribution in [3.63, 3.8) is 0 Å². The molecule has 0 aromatic carbocycles. The Balaban J connectivity index is 1.36. The number of rotatable bonds is 6. The average Bonchev–Trinajstić information content (AvgIpc) is 3.32. The first-order chi connectivity index (χ1) is 16.4. The van der Waals surface area contributed by atoms with E-state index in [0.717, 1.165) is 53.7 Å². The fourth-order valence-corrected chi connectivity index (χ4v) is 5.11. The molecule has 1 amide bonds. The lowest BCUT2D eigenvalue weighted by atomic mass is 9.97. The number of piperidine rings is 1. The first kappa shape index (κ1) is 22.4. The molecule has 180 valence electrons. The van der Waals surface area contributed by atoms with Crippen LogP contribution >= 0.6 is 0 Å². The Labute approximate surface area is 199 Å². The molecule has 2 bridgehead atoms. The molecule has 3 aromatic heterocycles. The number of aromatic nitrogens is 4. The monoisotopic (exact) mass is 463 g/mol. The molecule has 9 nitrogen and oxygen atoms in total. The third-order valence-corrected chi connectivity index (χ3v) is 6.60. The van der Waals surface area contributed by atoms with Gasteiger partial charge in [0.25, 0.3) is 0 Å². The second-order valence-electron chi connectivity index (χ2n) is 10.1. The molecule has 3 N–H and O–H groups in total. The summed E-state index contributed by atoms with van der Waals surface area (Å²) in [5.74, 6) is 2.55. The average molecular weight is 464 g/mol. The number of hydrogen-bond donors (Lipinski definition) is 3. The summed E-state index contributed by atoms with van der Waals surface area (Å²) in [4.78, 5) is 24.2. The lowest BCUT2D eigenvalue weighted by Gasteiger charge is -2.38. The maximum Gasteiger partial charge on any atom is 0.410 e. The number of carbonyl (C=O) groups is 1. The Kier molecular flexibility index (Phi) is 6.02. The SMILES string of the molecule is Cc1cnc2cc(Nc3cc(C)[nH]n3)nc(NC3C[C@H]4CC[C@@H](C3)N4C(=O)OCC(C)C)c2c1. The van der Waals surface area contributed by atoms with Crippen molar-refractivity contribution < 1.29 is 9.53 Å². The maximum atomic E-state index is 12.7. The largest absolute Gasteiger partial charge is 0.449 e. The Hall–Kier alpha value is -3.36. The molecule has 5 heterocycles. The quantitative estimate of drug-likeness (QED) is 0.476. The molecule has 2 aliphatic heterocycles. The third-order valence-electron chi connectivity index (χ3n) is 6.60. The van der Waals surface area contributed by atoms with E-state index in [4.69, 9.17) is 9.72 Å². The summed E-state index contributed by atoms with van der Waals surface area (Å²) >= 11 is 0. The molecule has 3 aromatic rings. The van der Waals surface area contributed by atoms with Crippen LogP contribution in [0.2, 0.25) is 0 Å². The van der Waals surface area contributed by atoms with Gasteiger partial charge in [0, 0.05) is 47.5 Å². The zero-order valence-electron chi connectivity index (χ0n) is 20.3. The van der Waals surface area contributed by atoms with Gasteiger partial charge in [-0.15, -0.1) is 0 Å². The summed E-state index contributed by atoms with van der Waals surface area (Å²) in [5.41, 5.74) is 2.93. The molecule has 2 fully saturated rings. The van der Waals surface area contributed by atoms with Crippen LogP contribution in [0.3, 0.4) is 0 Å². The molecule has 0 radical (unpaired) electrons. The molecule has 2 saturated heterocycles. The summed E-state index contributed by atoms with van der Waals surface area (Å²) in [7, 11) is 0. The second-order valence-corrected chi connectivity index (χ2v) is 10.1. The van der Waals surface area contributed by atoms with Crippen LogP contribution in [0, 0.1) is 19.8 Å². The zero-order valence-corrected chi connectivity index (χ0v) is 20.3. The van der Waals surface area contributed by atoms with Gasteiger partial charge < -0.3 is 20.3 Å². The number of aryl methyl sites for hydroxylation is 2. The van der Waals surface area contributed by atoms with Gasteiger partial charge in [-0.25, -0.2) is 9.78 Å². The van der Waals surface area contributed by atoms with E-state index >= 15 is 0 Å². The number of nitrogens with one attached hydrogen (secondary N) is 3. The molecule has 3 atom stereocenters. The number of H-pyrrole nitrogens is 1. The summed E-state index contributed by atoms with van der Waals surface area (Å²) in [6, 6.07) is 6.64. The summed E-state index contributed by atoms with van der Waals surface area (Å²) in [5, 5.41) is 15.2. The topological polar surface area (TPSA) is 108 Å². The minimum absolute atomic E-state index is 0.163. The van der Waals surface area contributed by atoms with Crippen molar-refractivity contribution in [1.82, 2.24) is 25.1 Å². The van der Waals surface area contributed by atoms with Gasteiger partial charge in [-0.1, -0.05) is 13.8 Å². The summed E-state index contributed by atoms with van der Waals surface area (Å²) < 4.78 is 5.55. The van der Waals surface area contributed by atoms with Crippen molar-refractivity contribution in [2.75, 3.05) is 17.2 Å². The van der Waals surface area contributed by atoms with Crippen LogP contribution in [0.1, 0.15) is 50.8 Å². The number of anilines is 3. The van der Waals surface area contributed by atoms with E-state index in [1.165, 1.54) is 0 Å². The molecule has 34 heavy (non-hydrogen) atoms. The van der Waals surface area contributed by atoms with Crippen molar-refractivity contribution in [3.05, 3.63) is 35.7 Å². The second kappa shape index (κ2) is 9.12. The minimum atomic E-state index is -0.163. The number of ether oxygens (including phenoxy) is 1. The van der Waals surface area contributed by atoms with Gasteiger partial charge in [-0.05, 0) is 57.1 Å². The summed E-state index contributed by atoms with van der Waals surface area (Å²) in [6.45, 7) is 8.58. The molecule has 1 unspecified atom stereocenters. The van der Waals surface area contributed by atoms with Crippen molar-refractivity contribution in [2.24, 2.45) is 5.92 Å². The van der Waals surface area contributed by atoms with E-state index in [1.54, 1.807) is 0 Å². The van der Waals surface area contributed by atoms with Crippen LogP contribution in [-0.2, 0) is 4.74 Å². The van der Waals surface area contributed by atoms with Gasteiger partial charge in [-0.2, -0.15) is 5.10 Å². The molecule has 0 spiro atoms. The first-order valence-corrected chi connectivity index (χ1v) is 12.1. The predicted octanol–water partition coefficient (Wildman–Crippen LogP) is 4.91. The molecular formula is C25H33N7O2. The smallest absolute Gasteiger partial charge is 0.410 e. The summed E-state index contributed by atoms with van der Waals surface area (Å²) in [6.07, 6.45) is 5.51. The highest BCUT2D eigenvalue weighted by molar-refractivity contribution is 5.92.